The Morgan fingerprint density at radius 3 is 2.41 bits per heavy atom. The van der Waals surface area contributed by atoms with E-state index in [9.17, 15) is 14.4 Å². The number of hydrogen-bond donors (Lipinski definition) is 2. The van der Waals surface area contributed by atoms with E-state index in [1.54, 1.807) is 17.5 Å². The van der Waals surface area contributed by atoms with E-state index in [1.165, 1.54) is 44.8 Å². The van der Waals surface area contributed by atoms with Crippen LogP contribution in [-0.2, 0) is 14.3 Å². The molecule has 2 rings (SSSR count). The number of esters is 1. The normalized spacial score (nSPS) is 10.2. The van der Waals surface area contributed by atoms with Gasteiger partial charge in [-0.05, 0) is 11.4 Å². The Morgan fingerprint density at radius 1 is 1.07 bits per heavy atom. The van der Waals surface area contributed by atoms with Gasteiger partial charge in [-0.1, -0.05) is 6.07 Å². The highest BCUT2D eigenvalue weighted by atomic mass is 32.1. The van der Waals surface area contributed by atoms with Gasteiger partial charge in [-0.25, -0.2) is 4.79 Å². The Bertz CT molecular complexity index is 852. The molecule has 1 aromatic heterocycles. The van der Waals surface area contributed by atoms with Crippen molar-refractivity contribution in [2.24, 2.45) is 0 Å². The first-order valence-corrected chi connectivity index (χ1v) is 9.41. The van der Waals surface area contributed by atoms with Crippen LogP contribution < -0.4 is 20.1 Å². The summed E-state index contributed by atoms with van der Waals surface area (Å²) in [6.07, 6.45) is 0. The van der Waals surface area contributed by atoms with E-state index in [0.717, 1.165) is 0 Å². The minimum Gasteiger partial charge on any atom is -0.493 e. The average molecular weight is 422 g/mol. The van der Waals surface area contributed by atoms with E-state index in [1.807, 2.05) is 0 Å². The van der Waals surface area contributed by atoms with Gasteiger partial charge in [-0.15, -0.1) is 11.3 Å². The predicted octanol–water partition coefficient (Wildman–Crippen LogP) is 1.94. The number of nitrogens with one attached hydrogen (secondary N) is 2. The lowest BCUT2D eigenvalue weighted by atomic mass is 10.1. The molecule has 0 saturated carbocycles. The van der Waals surface area contributed by atoms with Crippen LogP contribution in [-0.4, -0.2) is 58.9 Å². The van der Waals surface area contributed by atoms with Gasteiger partial charge < -0.3 is 29.6 Å². The lowest BCUT2D eigenvalue weighted by Crippen LogP contribution is -2.31. The predicted molar refractivity (Wildman–Crippen MR) is 107 cm³/mol. The van der Waals surface area contributed by atoms with E-state index in [-0.39, 0.29) is 17.0 Å². The Hall–Kier alpha value is -3.11. The van der Waals surface area contributed by atoms with E-state index in [2.05, 4.69) is 10.6 Å². The van der Waals surface area contributed by atoms with Gasteiger partial charge in [0.2, 0.25) is 0 Å². The molecule has 0 radical (unpaired) electrons. The molecule has 0 aliphatic rings. The van der Waals surface area contributed by atoms with Crippen molar-refractivity contribution >= 4 is 34.8 Å². The summed E-state index contributed by atoms with van der Waals surface area (Å²) in [7, 11) is 4.36. The van der Waals surface area contributed by atoms with Crippen molar-refractivity contribution in [3.05, 3.63) is 40.1 Å². The third-order valence-electron chi connectivity index (χ3n) is 3.70. The number of benzene rings is 1. The molecule has 2 amide bonds. The Morgan fingerprint density at radius 2 is 1.79 bits per heavy atom. The van der Waals surface area contributed by atoms with E-state index >= 15 is 0 Å². The lowest BCUT2D eigenvalue weighted by molar-refractivity contribution is -0.124. The van der Waals surface area contributed by atoms with Gasteiger partial charge in [0.05, 0.1) is 37.0 Å². The third kappa shape index (κ3) is 6.19. The second kappa shape index (κ2) is 11.0. The molecule has 0 aliphatic carbocycles. The largest absolute Gasteiger partial charge is 0.493 e. The van der Waals surface area contributed by atoms with Gasteiger partial charge >= 0.3 is 5.97 Å². The SMILES string of the molecule is COCCNC(=O)COC(=O)c1cc(OC)c(OC)cc1NC(=O)c1cccs1. The molecular formula is C19H22N2O7S. The second-order valence-corrected chi connectivity index (χ2v) is 6.55. The van der Waals surface area contributed by atoms with Crippen LogP contribution in [0.25, 0.3) is 0 Å². The Balaban J connectivity index is 2.20. The molecule has 2 aromatic rings. The molecule has 29 heavy (non-hydrogen) atoms. The number of ether oxygens (including phenoxy) is 4. The van der Waals surface area contributed by atoms with Crippen LogP contribution >= 0.6 is 11.3 Å². The van der Waals surface area contributed by atoms with Gasteiger partial charge in [0, 0.05) is 25.8 Å². The summed E-state index contributed by atoms with van der Waals surface area (Å²) in [6.45, 7) is 0.162. The first-order chi connectivity index (χ1) is 14.0. The van der Waals surface area contributed by atoms with Crippen molar-refractivity contribution in [1.29, 1.82) is 0 Å². The number of methoxy groups -OCH3 is 3. The quantitative estimate of drug-likeness (QED) is 0.444. The van der Waals surface area contributed by atoms with Crippen molar-refractivity contribution in [1.82, 2.24) is 5.32 Å². The summed E-state index contributed by atoms with van der Waals surface area (Å²) in [5.74, 6) is -1.06. The fraction of sp³-hybridized carbons (Fsp3) is 0.316. The fourth-order valence-electron chi connectivity index (χ4n) is 2.30. The van der Waals surface area contributed by atoms with Gasteiger partial charge in [0.25, 0.3) is 11.8 Å². The Labute approximate surface area is 171 Å². The molecule has 2 N–H and O–H groups in total. The third-order valence-corrected chi connectivity index (χ3v) is 4.57. The molecule has 0 unspecified atom stereocenters. The topological polar surface area (TPSA) is 112 Å². The number of amides is 2. The molecule has 0 bridgehead atoms. The molecule has 9 nitrogen and oxygen atoms in total. The minimum absolute atomic E-state index is 0.0252. The number of carbonyl (C=O) groups excluding carboxylic acids is 3. The monoisotopic (exact) mass is 422 g/mol. The van der Waals surface area contributed by atoms with Crippen molar-refractivity contribution in [3.8, 4) is 11.5 Å². The highest BCUT2D eigenvalue weighted by molar-refractivity contribution is 7.12. The van der Waals surface area contributed by atoms with Gasteiger partial charge in [0.15, 0.2) is 18.1 Å². The van der Waals surface area contributed by atoms with Crippen LogP contribution in [0, 0.1) is 0 Å². The van der Waals surface area contributed by atoms with Crippen LogP contribution in [0.4, 0.5) is 5.69 Å². The van der Waals surface area contributed by atoms with Crippen LogP contribution in [0.5, 0.6) is 11.5 Å². The maximum Gasteiger partial charge on any atom is 0.340 e. The van der Waals surface area contributed by atoms with Crippen LogP contribution in [0.3, 0.4) is 0 Å². The summed E-state index contributed by atoms with van der Waals surface area (Å²) >= 11 is 1.26. The summed E-state index contributed by atoms with van der Waals surface area (Å²) < 4.78 is 20.3. The molecule has 0 aliphatic heterocycles. The molecule has 0 fully saturated rings. The van der Waals surface area contributed by atoms with Crippen molar-refractivity contribution in [3.63, 3.8) is 0 Å². The summed E-state index contributed by atoms with van der Waals surface area (Å²) in [5, 5.41) is 6.97. The first-order valence-electron chi connectivity index (χ1n) is 8.53. The first kappa shape index (κ1) is 22.2. The Kier molecular flexibility index (Phi) is 8.44. The molecule has 0 saturated heterocycles. The molecule has 10 heteroatoms. The van der Waals surface area contributed by atoms with Crippen molar-refractivity contribution in [2.45, 2.75) is 0 Å². The van der Waals surface area contributed by atoms with Crippen LogP contribution in [0.1, 0.15) is 20.0 Å². The van der Waals surface area contributed by atoms with E-state index < -0.39 is 24.4 Å². The highest BCUT2D eigenvalue weighted by Crippen LogP contribution is 2.34. The van der Waals surface area contributed by atoms with Crippen molar-refractivity contribution < 1.29 is 33.3 Å². The number of rotatable bonds is 10. The van der Waals surface area contributed by atoms with Gasteiger partial charge in [-0.3, -0.25) is 9.59 Å². The summed E-state index contributed by atoms with van der Waals surface area (Å²) in [6, 6.07) is 6.24. The molecule has 1 heterocycles. The zero-order valence-corrected chi connectivity index (χ0v) is 17.1. The van der Waals surface area contributed by atoms with E-state index in [0.29, 0.717) is 23.8 Å². The maximum atomic E-state index is 12.6. The number of hydrogen-bond acceptors (Lipinski definition) is 8. The molecule has 1 aromatic carbocycles. The lowest BCUT2D eigenvalue weighted by Gasteiger charge is -2.15. The smallest absolute Gasteiger partial charge is 0.340 e. The molecule has 156 valence electrons. The van der Waals surface area contributed by atoms with Crippen LogP contribution in [0.15, 0.2) is 29.6 Å². The molecule has 0 atom stereocenters. The van der Waals surface area contributed by atoms with Crippen molar-refractivity contribution in [2.75, 3.05) is 46.4 Å². The fourth-order valence-corrected chi connectivity index (χ4v) is 2.91. The molecule has 0 spiro atoms. The van der Waals surface area contributed by atoms with E-state index in [4.69, 9.17) is 18.9 Å². The zero-order chi connectivity index (χ0) is 21.2. The van der Waals surface area contributed by atoms with Gasteiger partial charge in [0.1, 0.15) is 0 Å². The summed E-state index contributed by atoms with van der Waals surface area (Å²) in [4.78, 5) is 37.2. The van der Waals surface area contributed by atoms with Crippen LogP contribution in [0.2, 0.25) is 0 Å². The number of anilines is 1. The van der Waals surface area contributed by atoms with Gasteiger partial charge in [-0.2, -0.15) is 0 Å². The minimum atomic E-state index is -0.797. The maximum absolute atomic E-state index is 12.6. The number of carbonyl (C=O) groups is 3. The standard InChI is InChI=1S/C19H22N2O7S/c1-25-7-6-20-17(22)11-28-19(24)12-9-14(26-2)15(27-3)10-13(12)21-18(23)16-5-4-8-29-16/h4-5,8-10H,6-7,11H2,1-3H3,(H,20,22)(H,21,23). The second-order valence-electron chi connectivity index (χ2n) is 5.60. The summed E-state index contributed by atoms with van der Waals surface area (Å²) in [5.41, 5.74) is 0.197. The number of thiophene rings is 1. The zero-order valence-electron chi connectivity index (χ0n) is 16.3. The highest BCUT2D eigenvalue weighted by Gasteiger charge is 2.21. The molecular weight excluding hydrogens is 400 g/mol. The average Bonchev–Trinajstić information content (AvgIpc) is 3.27.